The van der Waals surface area contributed by atoms with Gasteiger partial charge in [0.25, 0.3) is 0 Å². The van der Waals surface area contributed by atoms with Crippen LogP contribution in [0.4, 0.5) is 13.2 Å². The van der Waals surface area contributed by atoms with Crippen LogP contribution in [0.5, 0.6) is 5.75 Å². The summed E-state index contributed by atoms with van der Waals surface area (Å²) in [6.45, 7) is 0.353. The molecule has 124 valence electrons. The van der Waals surface area contributed by atoms with Crippen LogP contribution in [-0.4, -0.2) is 48.8 Å². The van der Waals surface area contributed by atoms with Crippen molar-refractivity contribution in [1.82, 2.24) is 9.29 Å². The molecule has 1 aliphatic heterocycles. The first-order valence-electron chi connectivity index (χ1n) is 6.87. The Hall–Kier alpha value is -1.35. The number of piperidine rings is 1. The van der Waals surface area contributed by atoms with E-state index in [-0.39, 0.29) is 19.2 Å². The zero-order valence-electron chi connectivity index (χ0n) is 11.8. The Morgan fingerprint density at radius 3 is 2.36 bits per heavy atom. The number of hydrogen-bond acceptors (Lipinski definition) is 4. The van der Waals surface area contributed by atoms with Crippen molar-refractivity contribution in [2.75, 3.05) is 18.8 Å². The molecule has 22 heavy (non-hydrogen) atoms. The second-order valence-corrected chi connectivity index (χ2v) is 7.17. The SMILES string of the molecule is O=S(=O)(CCC(F)(F)F)N1CCC(Oc2ccncc2)CC1. The molecule has 5 nitrogen and oxygen atoms in total. The van der Waals surface area contributed by atoms with Crippen molar-refractivity contribution < 1.29 is 26.3 Å². The van der Waals surface area contributed by atoms with Gasteiger partial charge in [-0.3, -0.25) is 4.98 Å². The van der Waals surface area contributed by atoms with Gasteiger partial charge in [-0.1, -0.05) is 0 Å². The lowest BCUT2D eigenvalue weighted by Crippen LogP contribution is -2.43. The van der Waals surface area contributed by atoms with E-state index in [4.69, 9.17) is 4.74 Å². The molecule has 0 atom stereocenters. The number of sulfonamides is 1. The van der Waals surface area contributed by atoms with Gasteiger partial charge < -0.3 is 4.74 Å². The zero-order valence-corrected chi connectivity index (χ0v) is 12.6. The Morgan fingerprint density at radius 2 is 1.82 bits per heavy atom. The predicted octanol–water partition coefficient (Wildman–Crippen LogP) is 2.21. The molecule has 0 N–H and O–H groups in total. The van der Waals surface area contributed by atoms with Gasteiger partial charge in [-0.2, -0.15) is 13.2 Å². The first kappa shape index (κ1) is 17.0. The normalized spacial score (nSPS) is 18.3. The van der Waals surface area contributed by atoms with Crippen molar-refractivity contribution in [3.63, 3.8) is 0 Å². The van der Waals surface area contributed by atoms with Crippen LogP contribution in [0.25, 0.3) is 0 Å². The van der Waals surface area contributed by atoms with E-state index >= 15 is 0 Å². The van der Waals surface area contributed by atoms with Crippen molar-refractivity contribution in [2.24, 2.45) is 0 Å². The average Bonchev–Trinajstić information content (AvgIpc) is 2.46. The first-order valence-corrected chi connectivity index (χ1v) is 8.48. The summed E-state index contributed by atoms with van der Waals surface area (Å²) in [6.07, 6.45) is -1.84. The van der Waals surface area contributed by atoms with E-state index in [0.29, 0.717) is 18.6 Å². The minimum absolute atomic E-state index is 0.142. The smallest absolute Gasteiger partial charge is 0.390 e. The van der Waals surface area contributed by atoms with E-state index in [2.05, 4.69) is 4.98 Å². The van der Waals surface area contributed by atoms with Gasteiger partial charge in [-0.25, -0.2) is 12.7 Å². The Labute approximate surface area is 127 Å². The quantitative estimate of drug-likeness (QED) is 0.826. The van der Waals surface area contributed by atoms with Crippen molar-refractivity contribution in [1.29, 1.82) is 0 Å². The standard InChI is InChI=1S/C13H17F3N2O3S/c14-13(15,16)5-10-22(19,20)18-8-3-12(4-9-18)21-11-1-6-17-7-2-11/h1-2,6-7,12H,3-5,8-10H2. The molecule has 1 aliphatic rings. The van der Waals surface area contributed by atoms with Gasteiger partial charge in [0.05, 0.1) is 12.2 Å². The number of ether oxygens (including phenoxy) is 1. The highest BCUT2D eigenvalue weighted by Crippen LogP contribution is 2.24. The summed E-state index contributed by atoms with van der Waals surface area (Å²) in [5.74, 6) is -0.250. The lowest BCUT2D eigenvalue weighted by molar-refractivity contribution is -0.130. The first-order chi connectivity index (χ1) is 10.3. The van der Waals surface area contributed by atoms with Crippen molar-refractivity contribution in [2.45, 2.75) is 31.5 Å². The van der Waals surface area contributed by atoms with Crippen LogP contribution in [0.1, 0.15) is 19.3 Å². The highest BCUT2D eigenvalue weighted by Gasteiger charge is 2.34. The summed E-state index contributed by atoms with van der Waals surface area (Å²) >= 11 is 0. The second-order valence-electron chi connectivity index (χ2n) is 5.08. The van der Waals surface area contributed by atoms with Crippen LogP contribution < -0.4 is 4.74 Å². The fourth-order valence-electron chi connectivity index (χ4n) is 2.21. The fraction of sp³-hybridized carbons (Fsp3) is 0.615. The van der Waals surface area contributed by atoms with Gasteiger partial charge in [-0.05, 0) is 25.0 Å². The number of halogens is 3. The monoisotopic (exact) mass is 338 g/mol. The highest BCUT2D eigenvalue weighted by atomic mass is 32.2. The molecule has 1 aromatic heterocycles. The lowest BCUT2D eigenvalue weighted by Gasteiger charge is -2.31. The molecule has 0 amide bonds. The molecule has 2 rings (SSSR count). The van der Waals surface area contributed by atoms with E-state index < -0.39 is 28.4 Å². The predicted molar refractivity (Wildman–Crippen MR) is 73.9 cm³/mol. The van der Waals surface area contributed by atoms with Gasteiger partial charge >= 0.3 is 6.18 Å². The number of pyridine rings is 1. The van der Waals surface area contributed by atoms with Gasteiger partial charge in [-0.15, -0.1) is 0 Å². The van der Waals surface area contributed by atoms with Crippen molar-refractivity contribution >= 4 is 10.0 Å². The Balaban J connectivity index is 1.83. The maximum Gasteiger partial charge on any atom is 0.390 e. The molecule has 0 radical (unpaired) electrons. The topological polar surface area (TPSA) is 59.5 Å². The van der Waals surface area contributed by atoms with Gasteiger partial charge in [0.2, 0.25) is 10.0 Å². The number of aromatic nitrogens is 1. The average molecular weight is 338 g/mol. The summed E-state index contributed by atoms with van der Waals surface area (Å²) < 4.78 is 67.0. The number of nitrogens with zero attached hydrogens (tertiary/aromatic N) is 2. The van der Waals surface area contributed by atoms with Gasteiger partial charge in [0.1, 0.15) is 11.9 Å². The minimum atomic E-state index is -4.46. The van der Waals surface area contributed by atoms with Crippen LogP contribution in [0.3, 0.4) is 0 Å². The molecule has 0 unspecified atom stereocenters. The van der Waals surface area contributed by atoms with Crippen LogP contribution in [0, 0.1) is 0 Å². The number of rotatable bonds is 5. The third kappa shape index (κ3) is 5.13. The van der Waals surface area contributed by atoms with Gasteiger partial charge in [0.15, 0.2) is 0 Å². The Morgan fingerprint density at radius 1 is 1.23 bits per heavy atom. The molecule has 0 aliphatic carbocycles. The lowest BCUT2D eigenvalue weighted by atomic mass is 10.1. The summed E-state index contributed by atoms with van der Waals surface area (Å²) in [5.41, 5.74) is 0. The molecule has 9 heteroatoms. The highest BCUT2D eigenvalue weighted by molar-refractivity contribution is 7.89. The van der Waals surface area contributed by atoms with E-state index in [9.17, 15) is 21.6 Å². The van der Waals surface area contributed by atoms with Crippen LogP contribution in [0.15, 0.2) is 24.5 Å². The summed E-state index contributed by atoms with van der Waals surface area (Å²) in [7, 11) is -3.87. The third-order valence-corrected chi connectivity index (χ3v) is 5.26. The van der Waals surface area contributed by atoms with E-state index in [0.717, 1.165) is 4.31 Å². The summed E-state index contributed by atoms with van der Waals surface area (Å²) in [4.78, 5) is 3.86. The molecule has 0 aromatic carbocycles. The molecule has 0 saturated carbocycles. The zero-order chi connectivity index (χ0) is 16.2. The second kappa shape index (κ2) is 6.82. The van der Waals surface area contributed by atoms with Gasteiger partial charge in [0, 0.05) is 25.5 Å². The van der Waals surface area contributed by atoms with Crippen LogP contribution in [0.2, 0.25) is 0 Å². The largest absolute Gasteiger partial charge is 0.490 e. The third-order valence-electron chi connectivity index (χ3n) is 3.39. The van der Waals surface area contributed by atoms with Crippen molar-refractivity contribution in [3.8, 4) is 5.75 Å². The van der Waals surface area contributed by atoms with Crippen LogP contribution >= 0.6 is 0 Å². The number of hydrogen-bond donors (Lipinski definition) is 0. The van der Waals surface area contributed by atoms with E-state index in [1.54, 1.807) is 24.5 Å². The summed E-state index contributed by atoms with van der Waals surface area (Å²) in [6, 6.07) is 3.40. The van der Waals surface area contributed by atoms with E-state index in [1.807, 2.05) is 0 Å². The molecule has 2 heterocycles. The molecule has 0 spiro atoms. The summed E-state index contributed by atoms with van der Waals surface area (Å²) in [5, 5.41) is 0. The van der Waals surface area contributed by atoms with E-state index in [1.165, 1.54) is 0 Å². The molecular formula is C13H17F3N2O3S. The van der Waals surface area contributed by atoms with Crippen LogP contribution in [-0.2, 0) is 10.0 Å². The molecule has 0 bridgehead atoms. The minimum Gasteiger partial charge on any atom is -0.490 e. The molecule has 1 fully saturated rings. The fourth-order valence-corrected chi connectivity index (χ4v) is 3.73. The maximum absolute atomic E-state index is 12.1. The Kier molecular flexibility index (Phi) is 5.28. The van der Waals surface area contributed by atoms with Crippen molar-refractivity contribution in [3.05, 3.63) is 24.5 Å². The molecule has 1 aromatic rings. The Bertz CT molecular complexity index is 570. The number of alkyl halides is 3. The maximum atomic E-state index is 12.1. The molecule has 1 saturated heterocycles. The molecular weight excluding hydrogens is 321 g/mol.